The van der Waals surface area contributed by atoms with Crippen LogP contribution in [0.4, 0.5) is 0 Å². The summed E-state index contributed by atoms with van der Waals surface area (Å²) in [5.74, 6) is 0. The van der Waals surface area contributed by atoms with Gasteiger partial charge >= 0.3 is 8.56 Å². The molecular weight excluding hydrogens is 252 g/mol. The smallest absolute Gasteiger partial charge is 0.344 e. The van der Waals surface area contributed by atoms with E-state index in [9.17, 15) is 0 Å². The molecule has 0 rings (SSSR count). The minimum atomic E-state index is -2.21. The molecule has 0 amide bonds. The van der Waals surface area contributed by atoms with Gasteiger partial charge in [0, 0.05) is 18.3 Å². The van der Waals surface area contributed by atoms with Crippen LogP contribution < -0.4 is 0 Å². The lowest BCUT2D eigenvalue weighted by Crippen LogP contribution is -2.54. The van der Waals surface area contributed by atoms with E-state index in [-0.39, 0.29) is 5.04 Å². The molecule has 3 heteroatoms. The van der Waals surface area contributed by atoms with Crippen LogP contribution in [-0.4, -0.2) is 21.8 Å². The van der Waals surface area contributed by atoms with Gasteiger partial charge in [0.15, 0.2) is 0 Å². The molecule has 0 saturated carbocycles. The topological polar surface area (TPSA) is 18.5 Å². The summed E-state index contributed by atoms with van der Waals surface area (Å²) in [6.07, 6.45) is 3.44. The fraction of sp³-hybridized carbons (Fsp3) is 1.00. The molecule has 0 aromatic rings. The molecule has 0 aromatic heterocycles. The molecule has 19 heavy (non-hydrogen) atoms. The highest BCUT2D eigenvalue weighted by Gasteiger charge is 2.54. The average Bonchev–Trinajstić information content (AvgIpc) is 2.37. The van der Waals surface area contributed by atoms with Crippen molar-refractivity contribution in [1.82, 2.24) is 0 Å². The molecule has 0 unspecified atom stereocenters. The minimum absolute atomic E-state index is 0.200. The van der Waals surface area contributed by atoms with E-state index in [4.69, 9.17) is 8.85 Å². The van der Waals surface area contributed by atoms with Gasteiger partial charge in [-0.1, -0.05) is 48.0 Å². The Balaban J connectivity index is 5.52. The van der Waals surface area contributed by atoms with Gasteiger partial charge in [0.1, 0.15) is 0 Å². The van der Waals surface area contributed by atoms with Crippen LogP contribution in [0, 0.1) is 5.41 Å². The van der Waals surface area contributed by atoms with Crippen LogP contribution >= 0.6 is 0 Å². The summed E-state index contributed by atoms with van der Waals surface area (Å²) in [4.78, 5) is 0. The lowest BCUT2D eigenvalue weighted by Gasteiger charge is -2.47. The van der Waals surface area contributed by atoms with E-state index in [1.165, 1.54) is 6.42 Å². The predicted molar refractivity (Wildman–Crippen MR) is 86.8 cm³/mol. The molecule has 0 N–H and O–H groups in total. The summed E-state index contributed by atoms with van der Waals surface area (Å²) in [6.45, 7) is 19.6. The van der Waals surface area contributed by atoms with Crippen molar-refractivity contribution < 1.29 is 8.85 Å². The van der Waals surface area contributed by atoms with Crippen molar-refractivity contribution >= 4 is 8.56 Å². The summed E-state index contributed by atoms with van der Waals surface area (Å²) in [5, 5.41) is 0.200. The molecule has 0 atom stereocenters. The van der Waals surface area contributed by atoms with Crippen LogP contribution in [0.1, 0.15) is 74.7 Å². The molecule has 0 aliphatic carbocycles. The summed E-state index contributed by atoms with van der Waals surface area (Å²) in [5.41, 5.74) is 0.294. The molecule has 0 radical (unpaired) electrons. The number of hydrogen-bond acceptors (Lipinski definition) is 2. The molecular formula is C16H36O2Si. The van der Waals surface area contributed by atoms with E-state index in [1.54, 1.807) is 0 Å². The Labute approximate surface area is 122 Å². The molecule has 0 heterocycles. The van der Waals surface area contributed by atoms with Crippen molar-refractivity contribution in [3.63, 3.8) is 0 Å². The maximum atomic E-state index is 6.37. The average molecular weight is 289 g/mol. The number of hydrogen-bond donors (Lipinski definition) is 0. The van der Waals surface area contributed by atoms with Crippen LogP contribution in [0.25, 0.3) is 0 Å². The van der Waals surface area contributed by atoms with E-state index in [0.717, 1.165) is 32.1 Å². The van der Waals surface area contributed by atoms with Crippen molar-refractivity contribution in [2.45, 2.75) is 85.7 Å². The minimum Gasteiger partial charge on any atom is -0.394 e. The summed E-state index contributed by atoms with van der Waals surface area (Å²) < 4.78 is 12.7. The third kappa shape index (κ3) is 4.57. The molecule has 116 valence electrons. The Morgan fingerprint density at radius 2 is 1.16 bits per heavy atom. The van der Waals surface area contributed by atoms with Crippen LogP contribution in [0.2, 0.25) is 11.1 Å². The summed E-state index contributed by atoms with van der Waals surface area (Å²) in [6, 6.07) is 1.09. The van der Waals surface area contributed by atoms with Gasteiger partial charge < -0.3 is 8.85 Å². The highest BCUT2D eigenvalue weighted by Crippen LogP contribution is 2.51. The largest absolute Gasteiger partial charge is 0.394 e. The van der Waals surface area contributed by atoms with Crippen LogP contribution in [0.5, 0.6) is 0 Å². The molecule has 0 fully saturated rings. The third-order valence-corrected chi connectivity index (χ3v) is 10.4. The van der Waals surface area contributed by atoms with Gasteiger partial charge in [0.05, 0.1) is 0 Å². The van der Waals surface area contributed by atoms with Gasteiger partial charge in [-0.3, -0.25) is 0 Å². The van der Waals surface area contributed by atoms with Crippen LogP contribution in [-0.2, 0) is 8.85 Å². The summed E-state index contributed by atoms with van der Waals surface area (Å²) in [7, 11) is -2.21. The van der Waals surface area contributed by atoms with Crippen molar-refractivity contribution in [2.75, 3.05) is 13.2 Å². The molecule has 0 aliphatic heterocycles. The Kier molecular flexibility index (Phi) is 7.85. The highest BCUT2D eigenvalue weighted by molar-refractivity contribution is 6.70. The quantitative estimate of drug-likeness (QED) is 0.493. The van der Waals surface area contributed by atoms with Crippen molar-refractivity contribution in [1.29, 1.82) is 0 Å². The van der Waals surface area contributed by atoms with E-state index in [2.05, 4.69) is 55.4 Å². The fourth-order valence-corrected chi connectivity index (χ4v) is 7.65. The third-order valence-electron chi connectivity index (χ3n) is 4.90. The Morgan fingerprint density at radius 1 is 0.737 bits per heavy atom. The Bertz CT molecular complexity index is 241. The first kappa shape index (κ1) is 19.1. The zero-order valence-corrected chi connectivity index (χ0v) is 15.6. The standard InChI is InChI=1S/C16H36O2Si/c1-9-15(6,7)14-19(17-12-4,18-13-5)16(8,10-2)11-3/h9-14H2,1-8H3. The molecule has 0 aliphatic rings. The molecule has 0 saturated heterocycles. The maximum absolute atomic E-state index is 6.37. The maximum Gasteiger partial charge on any atom is 0.344 e. The first-order valence-corrected chi connectivity index (χ1v) is 10.1. The van der Waals surface area contributed by atoms with E-state index < -0.39 is 8.56 Å². The van der Waals surface area contributed by atoms with Crippen molar-refractivity contribution in [3.05, 3.63) is 0 Å². The zero-order chi connectivity index (χ0) is 15.2. The van der Waals surface area contributed by atoms with E-state index >= 15 is 0 Å². The van der Waals surface area contributed by atoms with Crippen molar-refractivity contribution in [2.24, 2.45) is 5.41 Å². The highest BCUT2D eigenvalue weighted by atomic mass is 28.4. The lowest BCUT2D eigenvalue weighted by atomic mass is 9.93. The van der Waals surface area contributed by atoms with E-state index in [0.29, 0.717) is 5.41 Å². The van der Waals surface area contributed by atoms with Gasteiger partial charge in [-0.2, -0.15) is 0 Å². The molecule has 0 bridgehead atoms. The molecule has 2 nitrogen and oxygen atoms in total. The first-order chi connectivity index (χ1) is 8.76. The second kappa shape index (κ2) is 7.80. The Hall–Kier alpha value is 0.137. The predicted octanol–water partition coefficient (Wildman–Crippen LogP) is 5.52. The van der Waals surface area contributed by atoms with Gasteiger partial charge in [-0.05, 0) is 38.1 Å². The van der Waals surface area contributed by atoms with Crippen molar-refractivity contribution in [3.8, 4) is 0 Å². The SMILES string of the molecule is CCO[Si](CC(C)(C)CC)(OCC)C(C)(CC)CC. The monoisotopic (exact) mass is 288 g/mol. The zero-order valence-electron chi connectivity index (χ0n) is 14.6. The fourth-order valence-electron chi connectivity index (χ4n) is 2.72. The lowest BCUT2D eigenvalue weighted by molar-refractivity contribution is 0.137. The second-order valence-corrected chi connectivity index (χ2v) is 10.2. The molecule has 0 aromatic carbocycles. The normalized spacial score (nSPS) is 13.9. The van der Waals surface area contributed by atoms with Gasteiger partial charge in [0.25, 0.3) is 0 Å². The van der Waals surface area contributed by atoms with Gasteiger partial charge in [-0.25, -0.2) is 0 Å². The van der Waals surface area contributed by atoms with E-state index in [1.807, 2.05) is 0 Å². The van der Waals surface area contributed by atoms with Gasteiger partial charge in [-0.15, -0.1) is 0 Å². The van der Waals surface area contributed by atoms with Crippen LogP contribution in [0.3, 0.4) is 0 Å². The van der Waals surface area contributed by atoms with Crippen LogP contribution in [0.15, 0.2) is 0 Å². The molecule has 0 spiro atoms. The first-order valence-electron chi connectivity index (χ1n) is 8.04. The second-order valence-electron chi connectivity index (χ2n) is 6.58. The summed E-state index contributed by atoms with van der Waals surface area (Å²) >= 11 is 0. The van der Waals surface area contributed by atoms with Gasteiger partial charge in [0.2, 0.25) is 0 Å². The Morgan fingerprint density at radius 3 is 1.42 bits per heavy atom. The number of rotatable bonds is 10.